The van der Waals surface area contributed by atoms with Gasteiger partial charge in [-0.3, -0.25) is 18.9 Å². The van der Waals surface area contributed by atoms with Crippen molar-refractivity contribution in [2.45, 2.75) is 123 Å². The predicted molar refractivity (Wildman–Crippen MR) is 195 cm³/mol. The van der Waals surface area contributed by atoms with Crippen LogP contribution in [0.3, 0.4) is 0 Å². The van der Waals surface area contributed by atoms with E-state index in [4.69, 9.17) is 18.5 Å². The highest BCUT2D eigenvalue weighted by molar-refractivity contribution is 7.54. The van der Waals surface area contributed by atoms with Gasteiger partial charge in [-0.2, -0.15) is 0 Å². The summed E-state index contributed by atoms with van der Waals surface area (Å²) >= 11 is 0. The minimum Gasteiger partial charge on any atom is -0.422 e. The van der Waals surface area contributed by atoms with Gasteiger partial charge in [0.15, 0.2) is 6.35 Å². The maximum absolute atomic E-state index is 13.9. The highest BCUT2D eigenvalue weighted by Gasteiger charge is 2.28. The number of aryl methyl sites for hydroxylation is 1. The van der Waals surface area contributed by atoms with Crippen LogP contribution in [0.4, 0.5) is 0 Å². The average molecular weight is 687 g/mol. The summed E-state index contributed by atoms with van der Waals surface area (Å²) in [6, 6.07) is 13.3. The number of fused-ring (bicyclic) bond motifs is 1. The predicted octanol–water partition coefficient (Wildman–Crippen LogP) is 9.54. The summed E-state index contributed by atoms with van der Waals surface area (Å²) < 4.78 is 38.5. The van der Waals surface area contributed by atoms with Crippen LogP contribution in [0.1, 0.15) is 115 Å². The zero-order valence-electron chi connectivity index (χ0n) is 29.4. The molecule has 0 radical (unpaired) electrons. The Kier molecular flexibility index (Phi) is 19.5. The van der Waals surface area contributed by atoms with Crippen LogP contribution in [0.25, 0.3) is 10.8 Å². The summed E-state index contributed by atoms with van der Waals surface area (Å²) in [4.78, 5) is 26.0. The summed E-state index contributed by atoms with van der Waals surface area (Å²) in [5.74, 6) is 0.446. The second-order valence-corrected chi connectivity index (χ2v) is 14.7. The number of nitrogens with one attached hydrogen (secondary N) is 1. The van der Waals surface area contributed by atoms with Crippen molar-refractivity contribution in [3.63, 3.8) is 0 Å². The van der Waals surface area contributed by atoms with Crippen molar-refractivity contribution in [1.82, 2.24) is 9.55 Å². The van der Waals surface area contributed by atoms with Gasteiger partial charge in [0.05, 0.1) is 26.4 Å². The number of unbranched alkanes of at least 4 members (excludes halogenated alkanes) is 15. The highest BCUT2D eigenvalue weighted by Crippen LogP contribution is 2.49. The molecule has 3 rings (SSSR count). The van der Waals surface area contributed by atoms with Gasteiger partial charge >= 0.3 is 13.3 Å². The van der Waals surface area contributed by atoms with Crippen LogP contribution >= 0.6 is 7.60 Å². The van der Waals surface area contributed by atoms with E-state index in [1.807, 2.05) is 36.4 Å². The standard InChI is InChI=1S/C38H59N2O7P/c1-3-4-5-6-7-8-9-10-11-12-13-14-15-16-17-20-27-44-29-30-46-48(43,47-36-25-21-23-34-22-18-19-24-35(34)36)32-45-28-26-40-31-33(2)37(41)39-38(40)42/h18-19,21-25,31H,3-17,20,26-30,32H2,1-2H3,(H,39,41,42). The van der Waals surface area contributed by atoms with Crippen molar-refractivity contribution in [2.24, 2.45) is 0 Å². The number of ether oxygens (including phenoxy) is 2. The van der Waals surface area contributed by atoms with Crippen LogP contribution in [0.15, 0.2) is 58.3 Å². The fourth-order valence-corrected chi connectivity index (χ4v) is 7.07. The molecule has 1 aromatic heterocycles. The molecular weight excluding hydrogens is 627 g/mol. The molecule has 0 spiro atoms. The number of aromatic nitrogens is 2. The molecule has 0 aliphatic heterocycles. The average Bonchev–Trinajstić information content (AvgIpc) is 3.08. The Bertz CT molecular complexity index is 1470. The zero-order valence-corrected chi connectivity index (χ0v) is 30.3. The van der Waals surface area contributed by atoms with Crippen molar-refractivity contribution < 1.29 is 23.1 Å². The molecule has 0 saturated heterocycles. The number of nitrogens with zero attached hydrogens (tertiary/aromatic N) is 1. The Morgan fingerprint density at radius 2 is 1.29 bits per heavy atom. The lowest BCUT2D eigenvalue weighted by atomic mass is 10.0. The molecule has 0 aliphatic rings. The lowest BCUT2D eigenvalue weighted by Crippen LogP contribution is -2.31. The summed E-state index contributed by atoms with van der Waals surface area (Å²) in [6.45, 7) is 5.19. The second kappa shape index (κ2) is 23.6. The van der Waals surface area contributed by atoms with Gasteiger partial charge in [0.25, 0.3) is 5.56 Å². The monoisotopic (exact) mass is 686 g/mol. The molecule has 0 bridgehead atoms. The van der Waals surface area contributed by atoms with Gasteiger partial charge in [-0.25, -0.2) is 9.36 Å². The first kappa shape index (κ1) is 39.7. The lowest BCUT2D eigenvalue weighted by molar-refractivity contribution is 0.0852. The summed E-state index contributed by atoms with van der Waals surface area (Å²) in [5, 5.41) is 1.77. The van der Waals surface area contributed by atoms with Crippen molar-refractivity contribution in [1.29, 1.82) is 0 Å². The third-order valence-corrected chi connectivity index (χ3v) is 10.1. The van der Waals surface area contributed by atoms with Crippen molar-refractivity contribution in [3.8, 4) is 5.75 Å². The zero-order chi connectivity index (χ0) is 34.3. The van der Waals surface area contributed by atoms with Gasteiger partial charge < -0.3 is 14.0 Å². The molecule has 1 atom stereocenters. The molecule has 2 aromatic carbocycles. The number of aromatic amines is 1. The van der Waals surface area contributed by atoms with Crippen LogP contribution in [0, 0.1) is 6.92 Å². The van der Waals surface area contributed by atoms with Gasteiger partial charge in [-0.05, 0) is 24.8 Å². The molecule has 10 heteroatoms. The molecule has 3 aromatic rings. The van der Waals surface area contributed by atoms with E-state index in [0.717, 1.165) is 23.6 Å². The van der Waals surface area contributed by atoms with Crippen molar-refractivity contribution >= 4 is 18.4 Å². The van der Waals surface area contributed by atoms with E-state index < -0.39 is 18.8 Å². The highest BCUT2D eigenvalue weighted by atomic mass is 31.2. The molecule has 1 N–H and O–H groups in total. The maximum atomic E-state index is 13.9. The molecule has 0 saturated carbocycles. The Morgan fingerprint density at radius 3 is 1.96 bits per heavy atom. The Balaban J connectivity index is 1.30. The Labute approximate surface area is 287 Å². The Hall–Kier alpha value is -2.71. The third kappa shape index (κ3) is 15.7. The van der Waals surface area contributed by atoms with E-state index in [2.05, 4.69) is 11.9 Å². The van der Waals surface area contributed by atoms with E-state index in [-0.39, 0.29) is 26.1 Å². The molecule has 9 nitrogen and oxygen atoms in total. The molecule has 0 amide bonds. The topological polar surface area (TPSA) is 109 Å². The molecule has 1 unspecified atom stereocenters. The normalized spacial score (nSPS) is 12.8. The fraction of sp³-hybridized carbons (Fsp3) is 0.632. The number of hydrogen-bond donors (Lipinski definition) is 1. The number of benzene rings is 2. The molecule has 0 aliphatic carbocycles. The number of rotatable bonds is 28. The van der Waals surface area contributed by atoms with Gasteiger partial charge in [0.1, 0.15) is 5.75 Å². The molecule has 48 heavy (non-hydrogen) atoms. The van der Waals surface area contributed by atoms with E-state index in [1.165, 1.54) is 101 Å². The summed E-state index contributed by atoms with van der Waals surface area (Å²) in [6.07, 6.45) is 22.4. The van der Waals surface area contributed by atoms with Gasteiger partial charge in [-0.15, -0.1) is 0 Å². The van der Waals surface area contributed by atoms with Crippen molar-refractivity contribution in [2.75, 3.05) is 32.8 Å². The lowest BCUT2D eigenvalue weighted by Gasteiger charge is -2.20. The first-order valence-electron chi connectivity index (χ1n) is 18.3. The third-order valence-electron chi connectivity index (χ3n) is 8.56. The SMILES string of the molecule is CCCCCCCCCCCCCCCCCCOCCOP(=O)(COCCn1cc(C)c(=O)[nH]c1=O)Oc1cccc2ccccc12. The quantitative estimate of drug-likeness (QED) is 0.0599. The van der Waals surface area contributed by atoms with Gasteiger partial charge in [0.2, 0.25) is 0 Å². The minimum atomic E-state index is -3.74. The minimum absolute atomic E-state index is 0.0768. The Morgan fingerprint density at radius 1 is 0.688 bits per heavy atom. The molecular formula is C38H59N2O7P. The van der Waals surface area contributed by atoms with E-state index in [0.29, 0.717) is 24.5 Å². The van der Waals surface area contributed by atoms with Gasteiger partial charge in [-0.1, -0.05) is 140 Å². The van der Waals surface area contributed by atoms with Crippen molar-refractivity contribution in [3.05, 3.63) is 75.1 Å². The van der Waals surface area contributed by atoms with E-state index in [1.54, 1.807) is 13.0 Å². The number of hydrogen-bond acceptors (Lipinski definition) is 7. The molecule has 268 valence electrons. The van der Waals surface area contributed by atoms with Crippen LogP contribution < -0.4 is 15.8 Å². The number of H-pyrrole nitrogens is 1. The first-order chi connectivity index (χ1) is 23.4. The van der Waals surface area contributed by atoms with Crippen LogP contribution in [-0.4, -0.2) is 42.3 Å². The second-order valence-electron chi connectivity index (χ2n) is 12.7. The summed E-state index contributed by atoms with van der Waals surface area (Å²) in [5.41, 5.74) is -0.528. The van der Waals surface area contributed by atoms with Crippen LogP contribution in [0.5, 0.6) is 5.75 Å². The van der Waals surface area contributed by atoms with Crippen LogP contribution in [0.2, 0.25) is 0 Å². The maximum Gasteiger partial charge on any atom is 0.404 e. The molecule has 0 fully saturated rings. The van der Waals surface area contributed by atoms with Crippen LogP contribution in [-0.2, 0) is 25.1 Å². The summed E-state index contributed by atoms with van der Waals surface area (Å²) in [7, 11) is -3.74. The fourth-order valence-electron chi connectivity index (χ4n) is 5.73. The van der Waals surface area contributed by atoms with Gasteiger partial charge in [0, 0.05) is 23.8 Å². The molecule has 1 heterocycles. The van der Waals surface area contributed by atoms with E-state index >= 15 is 0 Å². The smallest absolute Gasteiger partial charge is 0.404 e. The largest absolute Gasteiger partial charge is 0.422 e. The first-order valence-corrected chi connectivity index (χ1v) is 20.0. The van der Waals surface area contributed by atoms with E-state index in [9.17, 15) is 14.2 Å².